The SMILES string of the molecule is CCCNC(C)c1nnc(NCCc2ccc(Cl)s2)o1. The van der Waals surface area contributed by atoms with Crippen molar-refractivity contribution in [1.82, 2.24) is 15.5 Å². The fourth-order valence-corrected chi connectivity index (χ4v) is 2.79. The summed E-state index contributed by atoms with van der Waals surface area (Å²) in [5.74, 6) is 0.611. The molecule has 110 valence electrons. The molecule has 0 aliphatic heterocycles. The zero-order chi connectivity index (χ0) is 14.4. The molecule has 0 aliphatic carbocycles. The minimum Gasteiger partial charge on any atom is -0.406 e. The van der Waals surface area contributed by atoms with Gasteiger partial charge in [0.05, 0.1) is 10.4 Å². The molecule has 1 atom stereocenters. The van der Waals surface area contributed by atoms with Crippen molar-refractivity contribution < 1.29 is 4.42 Å². The Morgan fingerprint density at radius 1 is 1.35 bits per heavy atom. The van der Waals surface area contributed by atoms with Crippen LogP contribution >= 0.6 is 22.9 Å². The second kappa shape index (κ2) is 7.61. The van der Waals surface area contributed by atoms with Crippen LogP contribution in [-0.4, -0.2) is 23.3 Å². The third-order valence-corrected chi connectivity index (χ3v) is 4.08. The van der Waals surface area contributed by atoms with Crippen LogP contribution in [0.5, 0.6) is 0 Å². The van der Waals surface area contributed by atoms with E-state index in [4.69, 9.17) is 16.0 Å². The van der Waals surface area contributed by atoms with E-state index in [1.54, 1.807) is 11.3 Å². The van der Waals surface area contributed by atoms with Crippen molar-refractivity contribution in [3.05, 3.63) is 27.2 Å². The molecule has 0 saturated heterocycles. The molecule has 5 nitrogen and oxygen atoms in total. The van der Waals surface area contributed by atoms with Gasteiger partial charge in [0.1, 0.15) is 0 Å². The van der Waals surface area contributed by atoms with Gasteiger partial charge in [-0.2, -0.15) is 0 Å². The smallest absolute Gasteiger partial charge is 0.315 e. The maximum Gasteiger partial charge on any atom is 0.315 e. The first-order chi connectivity index (χ1) is 9.69. The third-order valence-electron chi connectivity index (χ3n) is 2.79. The highest BCUT2D eigenvalue weighted by Gasteiger charge is 2.12. The fraction of sp³-hybridized carbons (Fsp3) is 0.538. The predicted molar refractivity (Wildman–Crippen MR) is 82.5 cm³/mol. The van der Waals surface area contributed by atoms with Gasteiger partial charge >= 0.3 is 6.01 Å². The number of thiophene rings is 1. The highest BCUT2D eigenvalue weighted by molar-refractivity contribution is 7.16. The van der Waals surface area contributed by atoms with Crippen molar-refractivity contribution in [2.75, 3.05) is 18.4 Å². The molecule has 20 heavy (non-hydrogen) atoms. The normalized spacial score (nSPS) is 12.6. The van der Waals surface area contributed by atoms with Crippen LogP contribution in [0.15, 0.2) is 16.5 Å². The summed E-state index contributed by atoms with van der Waals surface area (Å²) in [4.78, 5) is 1.24. The molecule has 0 aliphatic rings. The van der Waals surface area contributed by atoms with Crippen molar-refractivity contribution in [3.63, 3.8) is 0 Å². The molecule has 0 bridgehead atoms. The molecule has 2 aromatic heterocycles. The van der Waals surface area contributed by atoms with E-state index in [1.165, 1.54) is 4.88 Å². The molecule has 0 radical (unpaired) electrons. The Morgan fingerprint density at radius 3 is 2.90 bits per heavy atom. The molecule has 0 spiro atoms. The zero-order valence-electron chi connectivity index (χ0n) is 11.6. The molecule has 7 heteroatoms. The average molecular weight is 315 g/mol. The highest BCUT2D eigenvalue weighted by atomic mass is 35.5. The van der Waals surface area contributed by atoms with E-state index in [0.717, 1.165) is 30.3 Å². The molecule has 2 heterocycles. The largest absolute Gasteiger partial charge is 0.406 e. The number of halogens is 1. The van der Waals surface area contributed by atoms with E-state index in [1.807, 2.05) is 19.1 Å². The molecule has 2 N–H and O–H groups in total. The quantitative estimate of drug-likeness (QED) is 0.781. The van der Waals surface area contributed by atoms with E-state index in [2.05, 4.69) is 27.8 Å². The Labute approximate surface area is 127 Å². The maximum atomic E-state index is 5.89. The number of nitrogens with one attached hydrogen (secondary N) is 2. The summed E-state index contributed by atoms with van der Waals surface area (Å²) in [7, 11) is 0. The van der Waals surface area contributed by atoms with Gasteiger partial charge in [0.25, 0.3) is 0 Å². The predicted octanol–water partition coefficient (Wildman–Crippen LogP) is 3.50. The van der Waals surface area contributed by atoms with Gasteiger partial charge in [0, 0.05) is 11.4 Å². The lowest BCUT2D eigenvalue weighted by Crippen LogP contribution is -2.19. The number of anilines is 1. The summed E-state index contributed by atoms with van der Waals surface area (Å²) >= 11 is 7.48. The minimum atomic E-state index is 0.0779. The van der Waals surface area contributed by atoms with Crippen LogP contribution < -0.4 is 10.6 Å². The molecule has 0 amide bonds. The Morgan fingerprint density at radius 2 is 2.20 bits per heavy atom. The van der Waals surface area contributed by atoms with Gasteiger partial charge in [-0.25, -0.2) is 0 Å². The standard InChI is InChI=1S/C13H19ClN4OS/c1-3-7-15-9(2)12-17-18-13(19-12)16-8-6-10-4-5-11(14)20-10/h4-5,9,15H,3,6-8H2,1-2H3,(H,16,18). The van der Waals surface area contributed by atoms with Gasteiger partial charge < -0.3 is 15.1 Å². The summed E-state index contributed by atoms with van der Waals surface area (Å²) in [6.45, 7) is 5.82. The van der Waals surface area contributed by atoms with Gasteiger partial charge in [-0.1, -0.05) is 23.6 Å². The lowest BCUT2D eigenvalue weighted by Gasteiger charge is -2.07. The van der Waals surface area contributed by atoms with Crippen LogP contribution in [0.4, 0.5) is 6.01 Å². The van der Waals surface area contributed by atoms with E-state index in [9.17, 15) is 0 Å². The Bertz CT molecular complexity index is 528. The molecular weight excluding hydrogens is 296 g/mol. The van der Waals surface area contributed by atoms with Gasteiger partial charge in [-0.15, -0.1) is 16.4 Å². The third kappa shape index (κ3) is 4.47. The van der Waals surface area contributed by atoms with E-state index >= 15 is 0 Å². The molecule has 0 saturated carbocycles. The summed E-state index contributed by atoms with van der Waals surface area (Å²) in [6.07, 6.45) is 1.96. The molecule has 2 rings (SSSR count). The van der Waals surface area contributed by atoms with Crippen LogP contribution in [0.25, 0.3) is 0 Å². The number of hydrogen-bond donors (Lipinski definition) is 2. The van der Waals surface area contributed by atoms with Crippen molar-refractivity contribution in [1.29, 1.82) is 0 Å². The summed E-state index contributed by atoms with van der Waals surface area (Å²) in [5, 5.41) is 14.5. The summed E-state index contributed by atoms with van der Waals surface area (Å²) < 4.78 is 6.38. The van der Waals surface area contributed by atoms with E-state index in [-0.39, 0.29) is 6.04 Å². The number of hydrogen-bond acceptors (Lipinski definition) is 6. The minimum absolute atomic E-state index is 0.0779. The first kappa shape index (κ1) is 15.3. The molecule has 1 unspecified atom stereocenters. The molecule has 2 aromatic rings. The molecule has 0 fully saturated rings. The van der Waals surface area contributed by atoms with Gasteiger partial charge in [0.15, 0.2) is 0 Å². The van der Waals surface area contributed by atoms with Gasteiger partial charge in [-0.05, 0) is 38.4 Å². The monoisotopic (exact) mass is 314 g/mol. The van der Waals surface area contributed by atoms with E-state index in [0.29, 0.717) is 11.9 Å². The first-order valence-corrected chi connectivity index (χ1v) is 7.93. The number of nitrogens with zero attached hydrogens (tertiary/aromatic N) is 2. The molecular formula is C13H19ClN4OS. The van der Waals surface area contributed by atoms with Crippen molar-refractivity contribution >= 4 is 29.0 Å². The molecule has 0 aromatic carbocycles. The highest BCUT2D eigenvalue weighted by Crippen LogP contribution is 2.21. The number of aromatic nitrogens is 2. The first-order valence-electron chi connectivity index (χ1n) is 6.74. The Kier molecular flexibility index (Phi) is 5.82. The zero-order valence-corrected chi connectivity index (χ0v) is 13.2. The Hall–Kier alpha value is -1.11. The van der Waals surface area contributed by atoms with Crippen LogP contribution in [0.2, 0.25) is 4.34 Å². The van der Waals surface area contributed by atoms with Crippen LogP contribution in [-0.2, 0) is 6.42 Å². The van der Waals surface area contributed by atoms with Crippen LogP contribution in [0.3, 0.4) is 0 Å². The van der Waals surface area contributed by atoms with Crippen molar-refractivity contribution in [2.45, 2.75) is 32.7 Å². The fourth-order valence-electron chi connectivity index (χ4n) is 1.71. The van der Waals surface area contributed by atoms with E-state index < -0.39 is 0 Å². The lowest BCUT2D eigenvalue weighted by atomic mass is 10.3. The van der Waals surface area contributed by atoms with Crippen molar-refractivity contribution in [2.24, 2.45) is 0 Å². The van der Waals surface area contributed by atoms with Crippen molar-refractivity contribution in [3.8, 4) is 0 Å². The maximum absolute atomic E-state index is 5.89. The number of rotatable bonds is 8. The second-order valence-electron chi connectivity index (χ2n) is 4.50. The van der Waals surface area contributed by atoms with Gasteiger partial charge in [0.2, 0.25) is 5.89 Å². The summed E-state index contributed by atoms with van der Waals surface area (Å²) in [6, 6.07) is 4.49. The summed E-state index contributed by atoms with van der Waals surface area (Å²) in [5.41, 5.74) is 0. The van der Waals surface area contributed by atoms with Crippen LogP contribution in [0, 0.1) is 0 Å². The van der Waals surface area contributed by atoms with Crippen LogP contribution in [0.1, 0.15) is 37.1 Å². The van der Waals surface area contributed by atoms with Gasteiger partial charge in [-0.3, -0.25) is 0 Å². The average Bonchev–Trinajstić information content (AvgIpc) is 3.05. The Balaban J connectivity index is 1.77. The second-order valence-corrected chi connectivity index (χ2v) is 6.30. The topological polar surface area (TPSA) is 63.0 Å². The lowest BCUT2D eigenvalue weighted by molar-refractivity contribution is 0.423.